The molecule has 8 nitrogen and oxygen atoms in total. The molecule has 0 aliphatic heterocycles. The molecule has 0 spiro atoms. The van der Waals surface area contributed by atoms with Crippen molar-refractivity contribution in [1.29, 1.82) is 0 Å². The zero-order valence-corrected chi connectivity index (χ0v) is 15.9. The molecule has 0 saturated carbocycles. The summed E-state index contributed by atoms with van der Waals surface area (Å²) >= 11 is 0. The van der Waals surface area contributed by atoms with Gasteiger partial charge in [0.2, 0.25) is 0 Å². The topological polar surface area (TPSA) is 105 Å². The van der Waals surface area contributed by atoms with E-state index in [2.05, 4.69) is 0 Å². The van der Waals surface area contributed by atoms with E-state index in [1.54, 1.807) is 36.4 Å². The number of rotatable bonds is 7. The number of para-hydroxylation sites is 1. The van der Waals surface area contributed by atoms with Crippen LogP contribution in [0.3, 0.4) is 0 Å². The van der Waals surface area contributed by atoms with Crippen molar-refractivity contribution < 1.29 is 28.7 Å². The number of esters is 2. The van der Waals surface area contributed by atoms with Crippen molar-refractivity contribution in [2.24, 2.45) is 0 Å². The number of carbonyl (C=O) groups is 2. The molecule has 0 heterocycles. The molecule has 0 N–H and O–H groups in total. The third-order valence-corrected chi connectivity index (χ3v) is 3.94. The number of hydrogen-bond acceptors (Lipinski definition) is 7. The van der Waals surface area contributed by atoms with Crippen LogP contribution in [0.1, 0.15) is 22.8 Å². The van der Waals surface area contributed by atoms with Crippen molar-refractivity contribution in [2.45, 2.75) is 13.5 Å². The van der Waals surface area contributed by atoms with Gasteiger partial charge in [-0.05, 0) is 42.0 Å². The van der Waals surface area contributed by atoms with Crippen molar-refractivity contribution in [3.05, 3.63) is 94.0 Å². The molecule has 0 amide bonds. The lowest BCUT2D eigenvalue weighted by molar-refractivity contribution is -0.384. The molecule has 0 unspecified atom stereocenters. The Balaban J connectivity index is 1.59. The van der Waals surface area contributed by atoms with Gasteiger partial charge in [-0.25, -0.2) is 4.79 Å². The summed E-state index contributed by atoms with van der Waals surface area (Å²) < 4.78 is 15.9. The number of benzene rings is 3. The Bertz CT molecular complexity index is 1060. The van der Waals surface area contributed by atoms with Gasteiger partial charge in [0.25, 0.3) is 5.69 Å². The average Bonchev–Trinajstić information content (AvgIpc) is 2.73. The first-order valence-corrected chi connectivity index (χ1v) is 8.88. The number of carbonyl (C=O) groups excluding carboxylic acids is 2. The summed E-state index contributed by atoms with van der Waals surface area (Å²) in [6.45, 7) is 1.27. The molecular weight excluding hydrogens is 390 g/mol. The van der Waals surface area contributed by atoms with E-state index >= 15 is 0 Å². The van der Waals surface area contributed by atoms with E-state index in [-0.39, 0.29) is 23.6 Å². The molecule has 0 aliphatic carbocycles. The second-order valence-electron chi connectivity index (χ2n) is 6.16. The molecule has 3 rings (SSSR count). The predicted molar refractivity (Wildman–Crippen MR) is 106 cm³/mol. The van der Waals surface area contributed by atoms with Crippen molar-refractivity contribution in [1.82, 2.24) is 0 Å². The van der Waals surface area contributed by atoms with Crippen molar-refractivity contribution in [3.8, 4) is 17.2 Å². The minimum absolute atomic E-state index is 0.0187. The van der Waals surface area contributed by atoms with Crippen LogP contribution in [0.15, 0.2) is 72.8 Å². The summed E-state index contributed by atoms with van der Waals surface area (Å²) in [7, 11) is 0. The summed E-state index contributed by atoms with van der Waals surface area (Å²) in [4.78, 5) is 33.7. The molecule has 0 atom stereocenters. The first kappa shape index (κ1) is 20.5. The molecule has 0 bridgehead atoms. The highest BCUT2D eigenvalue weighted by Gasteiger charge is 2.15. The highest BCUT2D eigenvalue weighted by molar-refractivity contribution is 5.93. The zero-order chi connectivity index (χ0) is 21.5. The minimum atomic E-state index is -0.613. The highest BCUT2D eigenvalue weighted by Crippen LogP contribution is 2.25. The molecule has 152 valence electrons. The summed E-state index contributed by atoms with van der Waals surface area (Å²) in [5.74, 6) is -0.0141. The van der Waals surface area contributed by atoms with Crippen LogP contribution in [-0.2, 0) is 16.1 Å². The van der Waals surface area contributed by atoms with Crippen LogP contribution in [-0.4, -0.2) is 16.9 Å². The first-order valence-electron chi connectivity index (χ1n) is 8.88. The number of ether oxygens (including phenoxy) is 3. The maximum atomic E-state index is 12.3. The van der Waals surface area contributed by atoms with Crippen LogP contribution in [0.5, 0.6) is 17.2 Å². The SMILES string of the molecule is CC(=O)Oc1ccccc1C(=O)OCc1ccc(Oc2ccc([N+](=O)[O-])cc2)cc1. The monoisotopic (exact) mass is 407 g/mol. The second-order valence-corrected chi connectivity index (χ2v) is 6.16. The van der Waals surface area contributed by atoms with Gasteiger partial charge in [-0.1, -0.05) is 24.3 Å². The molecule has 3 aromatic rings. The van der Waals surface area contributed by atoms with Gasteiger partial charge < -0.3 is 14.2 Å². The normalized spacial score (nSPS) is 10.2. The van der Waals surface area contributed by atoms with Crippen molar-refractivity contribution in [3.63, 3.8) is 0 Å². The fourth-order valence-electron chi connectivity index (χ4n) is 2.53. The van der Waals surface area contributed by atoms with Gasteiger partial charge in [-0.15, -0.1) is 0 Å². The number of hydrogen-bond donors (Lipinski definition) is 0. The fourth-order valence-corrected chi connectivity index (χ4v) is 2.53. The molecule has 8 heteroatoms. The molecule has 0 aromatic heterocycles. The zero-order valence-electron chi connectivity index (χ0n) is 15.9. The van der Waals surface area contributed by atoms with Gasteiger partial charge in [0, 0.05) is 19.1 Å². The largest absolute Gasteiger partial charge is 0.457 e. The van der Waals surface area contributed by atoms with Crippen molar-refractivity contribution >= 4 is 17.6 Å². The van der Waals surface area contributed by atoms with E-state index in [9.17, 15) is 19.7 Å². The third-order valence-electron chi connectivity index (χ3n) is 3.94. The van der Waals surface area contributed by atoms with E-state index in [1.807, 2.05) is 0 Å². The Hall–Kier alpha value is -4.20. The van der Waals surface area contributed by atoms with E-state index in [0.29, 0.717) is 11.5 Å². The Morgan fingerprint density at radius 3 is 2.10 bits per heavy atom. The molecule has 3 aromatic carbocycles. The summed E-state index contributed by atoms with van der Waals surface area (Å²) in [6.07, 6.45) is 0. The van der Waals surface area contributed by atoms with E-state index in [4.69, 9.17) is 14.2 Å². The van der Waals surface area contributed by atoms with Crippen molar-refractivity contribution in [2.75, 3.05) is 0 Å². The smallest absolute Gasteiger partial charge is 0.342 e. The number of nitrogens with zero attached hydrogens (tertiary/aromatic N) is 1. The summed E-state index contributed by atoms with van der Waals surface area (Å²) in [5.41, 5.74) is 0.866. The first-order chi connectivity index (χ1) is 14.4. The lowest BCUT2D eigenvalue weighted by Gasteiger charge is -2.10. The number of nitro benzene ring substituents is 1. The average molecular weight is 407 g/mol. The van der Waals surface area contributed by atoms with Gasteiger partial charge in [0.1, 0.15) is 29.4 Å². The Morgan fingerprint density at radius 2 is 1.50 bits per heavy atom. The lowest BCUT2D eigenvalue weighted by atomic mass is 10.2. The maximum Gasteiger partial charge on any atom is 0.342 e. The molecule has 30 heavy (non-hydrogen) atoms. The Morgan fingerprint density at radius 1 is 0.900 bits per heavy atom. The van der Waals surface area contributed by atoms with Gasteiger partial charge >= 0.3 is 11.9 Å². The maximum absolute atomic E-state index is 12.3. The van der Waals surface area contributed by atoms with E-state index in [1.165, 1.54) is 43.3 Å². The van der Waals surface area contributed by atoms with Crippen LogP contribution in [0.4, 0.5) is 5.69 Å². The minimum Gasteiger partial charge on any atom is -0.457 e. The molecule has 0 fully saturated rings. The molecular formula is C22H17NO7. The molecule has 0 aliphatic rings. The van der Waals surface area contributed by atoms with Gasteiger partial charge in [-0.3, -0.25) is 14.9 Å². The standard InChI is InChI=1S/C22H17NO7/c1-15(24)29-21-5-3-2-4-20(21)22(25)28-14-16-6-10-18(11-7-16)30-19-12-8-17(9-13-19)23(26)27/h2-13H,14H2,1H3. The highest BCUT2D eigenvalue weighted by atomic mass is 16.6. The van der Waals surface area contributed by atoms with Gasteiger partial charge in [0.05, 0.1) is 4.92 Å². The Labute approximate surface area is 171 Å². The lowest BCUT2D eigenvalue weighted by Crippen LogP contribution is -2.10. The summed E-state index contributed by atoms with van der Waals surface area (Å²) in [6, 6.07) is 18.9. The predicted octanol–water partition coefficient (Wildman–Crippen LogP) is 4.67. The molecule has 0 radical (unpaired) electrons. The Kier molecular flexibility index (Phi) is 6.39. The molecule has 0 saturated heterocycles. The van der Waals surface area contributed by atoms with Crippen LogP contribution in [0, 0.1) is 10.1 Å². The van der Waals surface area contributed by atoms with Crippen LogP contribution in [0.2, 0.25) is 0 Å². The number of non-ortho nitro benzene ring substituents is 1. The van der Waals surface area contributed by atoms with Gasteiger partial charge in [0.15, 0.2) is 0 Å². The summed E-state index contributed by atoms with van der Waals surface area (Å²) in [5, 5.41) is 10.7. The number of nitro groups is 1. The van der Waals surface area contributed by atoms with Crippen LogP contribution in [0.25, 0.3) is 0 Å². The van der Waals surface area contributed by atoms with Gasteiger partial charge in [-0.2, -0.15) is 0 Å². The van der Waals surface area contributed by atoms with E-state index < -0.39 is 16.9 Å². The third kappa shape index (κ3) is 5.41. The fraction of sp³-hybridized carbons (Fsp3) is 0.0909. The quantitative estimate of drug-likeness (QED) is 0.242. The van der Waals surface area contributed by atoms with E-state index in [0.717, 1.165) is 5.56 Å². The van der Waals surface area contributed by atoms with Crippen LogP contribution >= 0.6 is 0 Å². The second kappa shape index (κ2) is 9.33. The van der Waals surface area contributed by atoms with Crippen LogP contribution < -0.4 is 9.47 Å².